The van der Waals surface area contributed by atoms with Crippen LogP contribution in [-0.2, 0) is 0 Å². The Bertz CT molecular complexity index is 751. The Morgan fingerprint density at radius 2 is 2.11 bits per heavy atom. The van der Waals surface area contributed by atoms with E-state index in [4.69, 9.17) is 0 Å². The lowest BCUT2D eigenvalue weighted by Gasteiger charge is -2.10. The van der Waals surface area contributed by atoms with E-state index >= 15 is 0 Å². The molecular formula is C13H10Br2N4. The molecule has 1 N–H and O–H groups in total. The molecule has 1 aromatic carbocycles. The Kier molecular flexibility index (Phi) is 3.28. The number of aromatic nitrogens is 3. The average Bonchev–Trinajstić information content (AvgIpc) is 2.82. The normalized spacial score (nSPS) is 10.9. The molecule has 0 bridgehead atoms. The van der Waals surface area contributed by atoms with Crippen molar-refractivity contribution in [1.82, 2.24) is 14.4 Å². The molecule has 0 aliphatic rings. The van der Waals surface area contributed by atoms with Crippen molar-refractivity contribution in [2.45, 2.75) is 6.92 Å². The molecule has 0 spiro atoms. The molecule has 0 fully saturated rings. The van der Waals surface area contributed by atoms with Crippen LogP contribution in [0.3, 0.4) is 0 Å². The Hall–Kier alpha value is -1.40. The molecule has 0 atom stereocenters. The lowest BCUT2D eigenvalue weighted by Crippen LogP contribution is -2.00. The number of hydrogen-bond acceptors (Lipinski definition) is 3. The number of nitrogens with zero attached hydrogens (tertiary/aromatic N) is 3. The molecule has 0 unspecified atom stereocenters. The number of halogens is 2. The van der Waals surface area contributed by atoms with Crippen molar-refractivity contribution in [2.75, 3.05) is 5.32 Å². The maximum absolute atomic E-state index is 4.45. The summed E-state index contributed by atoms with van der Waals surface area (Å²) in [5.41, 5.74) is 2.95. The van der Waals surface area contributed by atoms with Gasteiger partial charge in [-0.2, -0.15) is 0 Å². The third kappa shape index (κ3) is 2.50. The van der Waals surface area contributed by atoms with Gasteiger partial charge in [-0.1, -0.05) is 22.0 Å². The van der Waals surface area contributed by atoms with Crippen molar-refractivity contribution in [3.05, 3.63) is 51.4 Å². The molecule has 96 valence electrons. The first kappa shape index (κ1) is 12.6. The predicted molar refractivity (Wildman–Crippen MR) is 82.8 cm³/mol. The minimum atomic E-state index is 0.723. The summed E-state index contributed by atoms with van der Waals surface area (Å²) >= 11 is 6.88. The van der Waals surface area contributed by atoms with E-state index in [0.29, 0.717) is 0 Å². The van der Waals surface area contributed by atoms with Gasteiger partial charge in [0.2, 0.25) is 0 Å². The smallest absolute Gasteiger partial charge is 0.180 e. The number of hydrogen-bond donors (Lipinski definition) is 1. The Labute approximate surface area is 127 Å². The first-order valence-corrected chi connectivity index (χ1v) is 7.24. The van der Waals surface area contributed by atoms with Crippen LogP contribution in [0.1, 0.15) is 5.56 Å². The van der Waals surface area contributed by atoms with Gasteiger partial charge in [0.05, 0.1) is 0 Å². The molecule has 3 rings (SSSR count). The molecule has 0 amide bonds. The van der Waals surface area contributed by atoms with E-state index in [2.05, 4.69) is 54.1 Å². The summed E-state index contributed by atoms with van der Waals surface area (Å²) in [5, 5.41) is 3.33. The van der Waals surface area contributed by atoms with Gasteiger partial charge >= 0.3 is 0 Å². The van der Waals surface area contributed by atoms with Gasteiger partial charge < -0.3 is 9.72 Å². The van der Waals surface area contributed by atoms with Gasteiger partial charge in [0.1, 0.15) is 4.60 Å². The van der Waals surface area contributed by atoms with Gasteiger partial charge in [-0.3, -0.25) is 0 Å². The van der Waals surface area contributed by atoms with Crippen molar-refractivity contribution in [1.29, 1.82) is 0 Å². The second-order valence-corrected chi connectivity index (χ2v) is 5.88. The molecule has 2 heterocycles. The molecule has 3 aromatic rings. The summed E-state index contributed by atoms with van der Waals surface area (Å²) in [6.45, 7) is 2.05. The van der Waals surface area contributed by atoms with Crippen molar-refractivity contribution >= 4 is 49.0 Å². The van der Waals surface area contributed by atoms with E-state index in [1.54, 1.807) is 6.20 Å². The van der Waals surface area contributed by atoms with E-state index in [0.717, 1.165) is 31.8 Å². The highest BCUT2D eigenvalue weighted by Gasteiger charge is 2.08. The Morgan fingerprint density at radius 1 is 1.26 bits per heavy atom. The quantitative estimate of drug-likeness (QED) is 0.719. The summed E-state index contributed by atoms with van der Waals surface area (Å²) in [5.74, 6) is 0.723. The summed E-state index contributed by atoms with van der Waals surface area (Å²) in [7, 11) is 0. The molecule has 0 saturated heterocycles. The number of nitrogens with one attached hydrogen (secondary N) is 1. The summed E-state index contributed by atoms with van der Waals surface area (Å²) in [6.07, 6.45) is 5.52. The van der Waals surface area contributed by atoms with Gasteiger partial charge in [0.25, 0.3) is 0 Å². The van der Waals surface area contributed by atoms with Gasteiger partial charge in [-0.25, -0.2) is 9.97 Å². The maximum atomic E-state index is 4.45. The SMILES string of the molecule is Cc1ccc(Br)cc1Nc1nc(Br)cn2ccnc12. The molecule has 0 saturated carbocycles. The van der Waals surface area contributed by atoms with Crippen LogP contribution in [-0.4, -0.2) is 14.4 Å². The van der Waals surface area contributed by atoms with Crippen molar-refractivity contribution in [3.63, 3.8) is 0 Å². The second kappa shape index (κ2) is 4.94. The average molecular weight is 382 g/mol. The number of anilines is 2. The fourth-order valence-corrected chi connectivity index (χ4v) is 2.60. The lowest BCUT2D eigenvalue weighted by atomic mass is 10.2. The molecule has 0 aliphatic heterocycles. The van der Waals surface area contributed by atoms with Gasteiger partial charge in [0.15, 0.2) is 11.5 Å². The van der Waals surface area contributed by atoms with E-state index in [1.807, 2.05) is 35.0 Å². The minimum Gasteiger partial charge on any atom is -0.337 e. The topological polar surface area (TPSA) is 42.2 Å². The highest BCUT2D eigenvalue weighted by molar-refractivity contribution is 9.10. The zero-order valence-electron chi connectivity index (χ0n) is 10.1. The number of imidazole rings is 1. The van der Waals surface area contributed by atoms with E-state index < -0.39 is 0 Å². The van der Waals surface area contributed by atoms with Crippen LogP contribution in [0.2, 0.25) is 0 Å². The molecule has 19 heavy (non-hydrogen) atoms. The van der Waals surface area contributed by atoms with Crippen molar-refractivity contribution < 1.29 is 0 Å². The fourth-order valence-electron chi connectivity index (χ4n) is 1.84. The van der Waals surface area contributed by atoms with Crippen LogP contribution in [0.5, 0.6) is 0 Å². The number of fused-ring (bicyclic) bond motifs is 1. The minimum absolute atomic E-state index is 0.723. The summed E-state index contributed by atoms with van der Waals surface area (Å²) in [6, 6.07) is 6.09. The highest BCUT2D eigenvalue weighted by Crippen LogP contribution is 2.26. The van der Waals surface area contributed by atoms with Crippen molar-refractivity contribution in [3.8, 4) is 0 Å². The number of benzene rings is 1. The molecule has 2 aromatic heterocycles. The molecule has 0 aliphatic carbocycles. The molecular weight excluding hydrogens is 372 g/mol. The van der Waals surface area contributed by atoms with E-state index in [-0.39, 0.29) is 0 Å². The van der Waals surface area contributed by atoms with E-state index in [9.17, 15) is 0 Å². The maximum Gasteiger partial charge on any atom is 0.180 e. The zero-order chi connectivity index (χ0) is 13.4. The largest absolute Gasteiger partial charge is 0.337 e. The van der Waals surface area contributed by atoms with Gasteiger partial charge in [0, 0.05) is 28.8 Å². The Balaban J connectivity index is 2.10. The summed E-state index contributed by atoms with van der Waals surface area (Å²) < 4.78 is 3.70. The number of aryl methyl sites for hydroxylation is 1. The standard InChI is InChI=1S/C13H10Br2N4/c1-8-2-3-9(14)6-10(8)17-12-13-16-4-5-19(13)7-11(15)18-12/h2-7H,1H3,(H,17,18). The Morgan fingerprint density at radius 3 is 2.95 bits per heavy atom. The van der Waals surface area contributed by atoms with Crippen LogP contribution >= 0.6 is 31.9 Å². The van der Waals surface area contributed by atoms with Gasteiger partial charge in [-0.05, 0) is 40.5 Å². The lowest BCUT2D eigenvalue weighted by molar-refractivity contribution is 1.10. The second-order valence-electron chi connectivity index (χ2n) is 4.15. The first-order valence-electron chi connectivity index (χ1n) is 5.66. The van der Waals surface area contributed by atoms with Crippen molar-refractivity contribution in [2.24, 2.45) is 0 Å². The number of rotatable bonds is 2. The van der Waals surface area contributed by atoms with Crippen LogP contribution in [0.15, 0.2) is 45.9 Å². The zero-order valence-corrected chi connectivity index (χ0v) is 13.2. The van der Waals surface area contributed by atoms with E-state index in [1.165, 1.54) is 0 Å². The molecule has 6 heteroatoms. The van der Waals surface area contributed by atoms with Gasteiger partial charge in [-0.15, -0.1) is 0 Å². The van der Waals surface area contributed by atoms with Crippen LogP contribution in [0.4, 0.5) is 11.5 Å². The third-order valence-corrected chi connectivity index (χ3v) is 3.67. The molecule has 0 radical (unpaired) electrons. The van der Waals surface area contributed by atoms with Crippen LogP contribution in [0, 0.1) is 6.92 Å². The predicted octanol–water partition coefficient (Wildman–Crippen LogP) is 4.31. The monoisotopic (exact) mass is 380 g/mol. The fraction of sp³-hybridized carbons (Fsp3) is 0.0769. The first-order chi connectivity index (χ1) is 9.13. The van der Waals surface area contributed by atoms with Crippen LogP contribution < -0.4 is 5.32 Å². The highest BCUT2D eigenvalue weighted by atomic mass is 79.9. The van der Waals surface area contributed by atoms with Crippen LogP contribution in [0.25, 0.3) is 5.65 Å². The third-order valence-electron chi connectivity index (χ3n) is 2.80. The summed E-state index contributed by atoms with van der Waals surface area (Å²) in [4.78, 5) is 8.76. The molecule has 4 nitrogen and oxygen atoms in total.